The Bertz CT molecular complexity index is 791. The van der Waals surface area contributed by atoms with Crippen LogP contribution in [-0.4, -0.2) is 47.7 Å². The fourth-order valence-electron chi connectivity index (χ4n) is 3.29. The Hall–Kier alpha value is -2.93. The van der Waals surface area contributed by atoms with E-state index < -0.39 is 11.5 Å². The lowest BCUT2D eigenvalue weighted by Gasteiger charge is -2.29. The Balaban J connectivity index is 2.69. The molecule has 1 rings (SSSR count). The lowest BCUT2D eigenvalue weighted by molar-refractivity contribution is -0.151. The molecule has 3 atom stereocenters. The van der Waals surface area contributed by atoms with Gasteiger partial charge in [-0.15, -0.1) is 13.2 Å². The Morgan fingerprint density at radius 3 is 2.27 bits per heavy atom. The average molecular weight is 459 g/mol. The summed E-state index contributed by atoms with van der Waals surface area (Å²) in [7, 11) is 0. The maximum atomic E-state index is 12.8. The summed E-state index contributed by atoms with van der Waals surface area (Å²) in [6.07, 6.45) is 4.61. The Kier molecular flexibility index (Phi) is 12.1. The molecule has 0 fully saturated rings. The standard InChI is InChI=1S/C26H38N2O5/c1-6-11-21(16-23(30)27-19(3)17-29)24(31)28-26(4,5)18-33-25(32)22(12-7-2)15-20-13-9-8-10-14-20/h6-10,13-14,19,21-22,29H,1-2,11-12,15-18H2,3-5H3,(H,27,30)(H,28,31)/t19-,21-,22-/m1/s1. The van der Waals surface area contributed by atoms with Gasteiger partial charge in [-0.3, -0.25) is 14.4 Å². The van der Waals surface area contributed by atoms with Crippen molar-refractivity contribution in [1.29, 1.82) is 0 Å². The zero-order chi connectivity index (χ0) is 24.9. The lowest BCUT2D eigenvalue weighted by Crippen LogP contribution is -2.50. The van der Waals surface area contributed by atoms with Crippen LogP contribution in [0, 0.1) is 11.8 Å². The summed E-state index contributed by atoms with van der Waals surface area (Å²) in [5.41, 5.74) is 0.210. The molecule has 0 saturated heterocycles. The predicted octanol–water partition coefficient (Wildman–Crippen LogP) is 2.94. The van der Waals surface area contributed by atoms with Gasteiger partial charge < -0.3 is 20.5 Å². The van der Waals surface area contributed by atoms with Gasteiger partial charge in [-0.2, -0.15) is 0 Å². The maximum absolute atomic E-state index is 12.8. The van der Waals surface area contributed by atoms with E-state index in [1.165, 1.54) is 0 Å². The molecule has 0 aromatic heterocycles. The van der Waals surface area contributed by atoms with Crippen LogP contribution in [0.1, 0.15) is 45.6 Å². The summed E-state index contributed by atoms with van der Waals surface area (Å²) < 4.78 is 5.55. The van der Waals surface area contributed by atoms with Gasteiger partial charge >= 0.3 is 5.97 Å². The smallest absolute Gasteiger partial charge is 0.309 e. The van der Waals surface area contributed by atoms with E-state index in [4.69, 9.17) is 9.84 Å². The number of aliphatic hydroxyl groups excluding tert-OH is 1. The molecule has 0 aliphatic heterocycles. The van der Waals surface area contributed by atoms with E-state index in [1.54, 1.807) is 32.9 Å². The SMILES string of the molecule is C=CC[C@H](CC(=O)N[C@H](C)CO)C(=O)NC(C)(C)COC(=O)[C@H](CC=C)Cc1ccccc1. The van der Waals surface area contributed by atoms with Crippen molar-refractivity contribution in [3.8, 4) is 0 Å². The highest BCUT2D eigenvalue weighted by molar-refractivity contribution is 5.86. The molecule has 0 radical (unpaired) electrons. The number of carbonyl (C=O) groups excluding carboxylic acids is 3. The molecule has 1 aromatic carbocycles. The molecule has 0 unspecified atom stereocenters. The second-order valence-corrected chi connectivity index (χ2v) is 8.97. The quantitative estimate of drug-likeness (QED) is 0.277. The molecule has 3 N–H and O–H groups in total. The Labute approximate surface area is 197 Å². The third kappa shape index (κ3) is 11.0. The molecule has 7 nitrogen and oxygen atoms in total. The summed E-state index contributed by atoms with van der Waals surface area (Å²) in [5, 5.41) is 14.6. The molecule has 0 spiro atoms. The number of hydrogen-bond acceptors (Lipinski definition) is 5. The highest BCUT2D eigenvalue weighted by Gasteiger charge is 2.29. The first-order chi connectivity index (χ1) is 15.6. The zero-order valence-electron chi connectivity index (χ0n) is 20.0. The monoisotopic (exact) mass is 458 g/mol. The van der Waals surface area contributed by atoms with Crippen LogP contribution in [0.3, 0.4) is 0 Å². The van der Waals surface area contributed by atoms with E-state index in [0.29, 0.717) is 19.3 Å². The number of carbonyl (C=O) groups is 3. The largest absolute Gasteiger partial charge is 0.463 e. The molecule has 1 aromatic rings. The number of amides is 2. The van der Waals surface area contributed by atoms with Crippen LogP contribution < -0.4 is 10.6 Å². The summed E-state index contributed by atoms with van der Waals surface area (Å²) in [5.74, 6) is -1.97. The number of hydrogen-bond donors (Lipinski definition) is 3. The number of ether oxygens (including phenoxy) is 1. The van der Waals surface area contributed by atoms with Crippen molar-refractivity contribution >= 4 is 17.8 Å². The van der Waals surface area contributed by atoms with Gasteiger partial charge in [-0.05, 0) is 45.6 Å². The van der Waals surface area contributed by atoms with Gasteiger partial charge in [-0.25, -0.2) is 0 Å². The Morgan fingerprint density at radius 2 is 1.70 bits per heavy atom. The molecule has 0 aliphatic carbocycles. The molecule has 0 aliphatic rings. The molecule has 182 valence electrons. The molecular weight excluding hydrogens is 420 g/mol. The first-order valence-electron chi connectivity index (χ1n) is 11.3. The third-order valence-electron chi connectivity index (χ3n) is 5.08. The second-order valence-electron chi connectivity index (χ2n) is 8.97. The number of esters is 1. The molecule has 2 amide bonds. The van der Waals surface area contributed by atoms with Gasteiger partial charge in [0.15, 0.2) is 0 Å². The van der Waals surface area contributed by atoms with Crippen molar-refractivity contribution in [1.82, 2.24) is 10.6 Å². The van der Waals surface area contributed by atoms with E-state index in [1.807, 2.05) is 30.3 Å². The first kappa shape index (κ1) is 28.1. The number of aliphatic hydroxyl groups is 1. The van der Waals surface area contributed by atoms with Crippen LogP contribution in [0.25, 0.3) is 0 Å². The van der Waals surface area contributed by atoms with Crippen molar-refractivity contribution in [2.24, 2.45) is 11.8 Å². The van der Waals surface area contributed by atoms with Crippen molar-refractivity contribution in [2.75, 3.05) is 13.2 Å². The second kappa shape index (κ2) is 14.3. The topological polar surface area (TPSA) is 105 Å². The fourth-order valence-corrected chi connectivity index (χ4v) is 3.29. The molecular formula is C26H38N2O5. The predicted molar refractivity (Wildman–Crippen MR) is 129 cm³/mol. The highest BCUT2D eigenvalue weighted by atomic mass is 16.5. The normalized spacial score (nSPS) is 13.8. The van der Waals surface area contributed by atoms with E-state index >= 15 is 0 Å². The maximum Gasteiger partial charge on any atom is 0.309 e. The molecule has 0 bridgehead atoms. The fraction of sp³-hybridized carbons (Fsp3) is 0.500. The van der Waals surface area contributed by atoms with E-state index in [2.05, 4.69) is 23.8 Å². The highest BCUT2D eigenvalue weighted by Crippen LogP contribution is 2.17. The summed E-state index contributed by atoms with van der Waals surface area (Å²) >= 11 is 0. The number of nitrogens with one attached hydrogen (secondary N) is 2. The molecule has 0 heterocycles. The average Bonchev–Trinajstić information content (AvgIpc) is 2.77. The van der Waals surface area contributed by atoms with Gasteiger partial charge in [-0.1, -0.05) is 42.5 Å². The van der Waals surface area contributed by atoms with Crippen LogP contribution in [0.15, 0.2) is 55.6 Å². The van der Waals surface area contributed by atoms with Gasteiger partial charge in [0.1, 0.15) is 6.61 Å². The van der Waals surface area contributed by atoms with Crippen molar-refractivity contribution in [3.05, 3.63) is 61.2 Å². The van der Waals surface area contributed by atoms with E-state index in [-0.39, 0.29) is 49.4 Å². The zero-order valence-corrected chi connectivity index (χ0v) is 20.0. The lowest BCUT2D eigenvalue weighted by atomic mass is 9.96. The number of rotatable bonds is 15. The van der Waals surface area contributed by atoms with E-state index in [9.17, 15) is 14.4 Å². The van der Waals surface area contributed by atoms with Crippen molar-refractivity contribution < 1.29 is 24.2 Å². The minimum atomic E-state index is -0.827. The van der Waals surface area contributed by atoms with Crippen LogP contribution in [0.2, 0.25) is 0 Å². The number of allylic oxidation sites excluding steroid dienone is 2. The summed E-state index contributed by atoms with van der Waals surface area (Å²) in [6, 6.07) is 9.31. The molecule has 0 saturated carbocycles. The minimum absolute atomic E-state index is 0.00540. The van der Waals surface area contributed by atoms with Gasteiger partial charge in [0.25, 0.3) is 0 Å². The molecule has 33 heavy (non-hydrogen) atoms. The minimum Gasteiger partial charge on any atom is -0.463 e. The van der Waals surface area contributed by atoms with E-state index in [0.717, 1.165) is 5.56 Å². The van der Waals surface area contributed by atoms with Crippen LogP contribution in [0.4, 0.5) is 0 Å². The Morgan fingerprint density at radius 1 is 1.09 bits per heavy atom. The van der Waals surface area contributed by atoms with Crippen molar-refractivity contribution in [3.63, 3.8) is 0 Å². The van der Waals surface area contributed by atoms with Gasteiger partial charge in [0, 0.05) is 12.5 Å². The van der Waals surface area contributed by atoms with Crippen LogP contribution >= 0.6 is 0 Å². The van der Waals surface area contributed by atoms with Crippen LogP contribution in [-0.2, 0) is 25.5 Å². The third-order valence-corrected chi connectivity index (χ3v) is 5.08. The molecule has 7 heteroatoms. The number of benzene rings is 1. The van der Waals surface area contributed by atoms with Crippen molar-refractivity contribution in [2.45, 2.75) is 58.0 Å². The summed E-state index contributed by atoms with van der Waals surface area (Å²) in [4.78, 5) is 37.7. The summed E-state index contributed by atoms with van der Waals surface area (Å²) in [6.45, 7) is 12.4. The van der Waals surface area contributed by atoms with Crippen LogP contribution in [0.5, 0.6) is 0 Å². The van der Waals surface area contributed by atoms with Gasteiger partial charge in [0.05, 0.1) is 24.0 Å². The first-order valence-corrected chi connectivity index (χ1v) is 11.3. The van der Waals surface area contributed by atoms with Gasteiger partial charge in [0.2, 0.25) is 11.8 Å².